The predicted octanol–water partition coefficient (Wildman–Crippen LogP) is 3.15. The minimum absolute atomic E-state index is 0.608. The third-order valence-corrected chi connectivity index (χ3v) is 2.82. The molecule has 0 spiro atoms. The first-order valence-electron chi connectivity index (χ1n) is 5.95. The van der Waals surface area contributed by atoms with E-state index < -0.39 is 0 Å². The van der Waals surface area contributed by atoms with Crippen LogP contribution in [0.3, 0.4) is 0 Å². The van der Waals surface area contributed by atoms with E-state index in [4.69, 9.17) is 4.74 Å². The minimum Gasteiger partial charge on any atom is -0.380 e. The zero-order valence-corrected chi connectivity index (χ0v) is 12.2. The van der Waals surface area contributed by atoms with Gasteiger partial charge < -0.3 is 4.74 Å². The topological polar surface area (TPSA) is 12.5 Å². The van der Waals surface area contributed by atoms with Crippen molar-refractivity contribution >= 4 is 15.9 Å². The molecule has 15 heavy (non-hydrogen) atoms. The quantitative estimate of drug-likeness (QED) is 0.475. The molecule has 3 heteroatoms. The number of rotatable bonds is 9. The Morgan fingerprint density at radius 1 is 1.07 bits per heavy atom. The molecule has 0 rings (SSSR count). The Kier molecular flexibility index (Phi) is 9.87. The highest BCUT2D eigenvalue weighted by Gasteiger charge is 2.07. The molecule has 0 aliphatic carbocycles. The van der Waals surface area contributed by atoms with Crippen LogP contribution < -0.4 is 0 Å². The van der Waals surface area contributed by atoms with Crippen molar-refractivity contribution in [1.29, 1.82) is 0 Å². The highest BCUT2D eigenvalue weighted by Crippen LogP contribution is 2.01. The Morgan fingerprint density at radius 3 is 2.20 bits per heavy atom. The molecular formula is C12H26BrNO. The van der Waals surface area contributed by atoms with E-state index in [9.17, 15) is 0 Å². The highest BCUT2D eigenvalue weighted by atomic mass is 79.9. The van der Waals surface area contributed by atoms with Crippen LogP contribution in [0.4, 0.5) is 0 Å². The van der Waals surface area contributed by atoms with E-state index in [2.05, 4.69) is 48.5 Å². The Balaban J connectivity index is 3.45. The minimum atomic E-state index is 0.608. The third kappa shape index (κ3) is 9.34. The van der Waals surface area contributed by atoms with Crippen molar-refractivity contribution in [3.05, 3.63) is 0 Å². The highest BCUT2D eigenvalue weighted by molar-refractivity contribution is 9.09. The van der Waals surface area contributed by atoms with E-state index in [1.54, 1.807) is 0 Å². The average Bonchev–Trinajstić information content (AvgIpc) is 2.15. The molecule has 0 heterocycles. The number of alkyl halides is 1. The Labute approximate surface area is 103 Å². The maximum absolute atomic E-state index is 5.61. The van der Waals surface area contributed by atoms with Crippen molar-refractivity contribution in [2.24, 2.45) is 5.92 Å². The van der Waals surface area contributed by atoms with Crippen LogP contribution in [0.25, 0.3) is 0 Å². The lowest BCUT2D eigenvalue weighted by Gasteiger charge is -2.25. The number of ether oxygens (including phenoxy) is 1. The van der Waals surface area contributed by atoms with Crippen molar-refractivity contribution in [2.75, 3.05) is 31.6 Å². The van der Waals surface area contributed by atoms with E-state index in [-0.39, 0.29) is 0 Å². The Bertz CT molecular complexity index is 140. The van der Waals surface area contributed by atoms with Gasteiger partial charge in [0, 0.05) is 31.1 Å². The zero-order chi connectivity index (χ0) is 11.7. The van der Waals surface area contributed by atoms with Gasteiger partial charge in [0.05, 0.1) is 6.61 Å². The van der Waals surface area contributed by atoms with Crippen LogP contribution >= 0.6 is 15.9 Å². The van der Waals surface area contributed by atoms with Crippen molar-refractivity contribution in [2.45, 2.75) is 40.2 Å². The smallest absolute Gasteiger partial charge is 0.0593 e. The molecule has 0 saturated heterocycles. The van der Waals surface area contributed by atoms with Gasteiger partial charge in [0.15, 0.2) is 0 Å². The first kappa shape index (κ1) is 15.4. The van der Waals surface area contributed by atoms with Crippen LogP contribution in [0.15, 0.2) is 0 Å². The van der Waals surface area contributed by atoms with E-state index >= 15 is 0 Å². The maximum atomic E-state index is 5.61. The van der Waals surface area contributed by atoms with Crippen molar-refractivity contribution < 1.29 is 4.74 Å². The molecule has 0 unspecified atom stereocenters. The van der Waals surface area contributed by atoms with Gasteiger partial charge in [-0.3, -0.25) is 4.90 Å². The van der Waals surface area contributed by atoms with E-state index in [0.717, 1.165) is 37.6 Å². The molecule has 0 aliphatic heterocycles. The molecule has 92 valence electrons. The van der Waals surface area contributed by atoms with Gasteiger partial charge >= 0.3 is 0 Å². The fraction of sp³-hybridized carbons (Fsp3) is 1.00. The van der Waals surface area contributed by atoms with Gasteiger partial charge in [-0.1, -0.05) is 29.8 Å². The predicted molar refractivity (Wildman–Crippen MR) is 70.8 cm³/mol. The molecule has 0 radical (unpaired) electrons. The standard InChI is InChI=1S/C12H26BrNO/c1-11(2)5-9-15-10-8-14(7-6-13)12(3)4/h11-12H,5-10H2,1-4H3. The number of halogens is 1. The van der Waals surface area contributed by atoms with E-state index in [1.165, 1.54) is 6.42 Å². The van der Waals surface area contributed by atoms with E-state index in [0.29, 0.717) is 6.04 Å². The first-order valence-corrected chi connectivity index (χ1v) is 7.07. The Morgan fingerprint density at radius 2 is 1.73 bits per heavy atom. The first-order chi connectivity index (χ1) is 7.07. The normalized spacial score (nSPS) is 12.0. The second-order valence-electron chi connectivity index (χ2n) is 4.61. The van der Waals surface area contributed by atoms with Crippen LogP contribution in [0.2, 0.25) is 0 Å². The summed E-state index contributed by atoms with van der Waals surface area (Å²) in [5.41, 5.74) is 0. The SMILES string of the molecule is CC(C)CCOCCN(CCBr)C(C)C. The average molecular weight is 280 g/mol. The maximum Gasteiger partial charge on any atom is 0.0593 e. The number of hydrogen-bond acceptors (Lipinski definition) is 2. The Hall–Kier alpha value is 0.400. The fourth-order valence-corrected chi connectivity index (χ4v) is 1.80. The summed E-state index contributed by atoms with van der Waals surface area (Å²) in [6.07, 6.45) is 1.17. The number of nitrogens with zero attached hydrogens (tertiary/aromatic N) is 1. The summed E-state index contributed by atoms with van der Waals surface area (Å²) >= 11 is 3.48. The second-order valence-corrected chi connectivity index (χ2v) is 5.41. The molecule has 0 saturated carbocycles. The summed E-state index contributed by atoms with van der Waals surface area (Å²) in [5.74, 6) is 0.744. The van der Waals surface area contributed by atoms with Crippen LogP contribution in [0.5, 0.6) is 0 Å². The van der Waals surface area contributed by atoms with Gasteiger partial charge in [-0.25, -0.2) is 0 Å². The summed E-state index contributed by atoms with van der Waals surface area (Å²) in [5, 5.41) is 1.04. The molecule has 0 amide bonds. The molecule has 0 atom stereocenters. The van der Waals surface area contributed by atoms with Crippen molar-refractivity contribution in [3.8, 4) is 0 Å². The molecule has 0 aromatic carbocycles. The van der Waals surface area contributed by atoms with Crippen LogP contribution in [-0.2, 0) is 4.74 Å². The van der Waals surface area contributed by atoms with Crippen molar-refractivity contribution in [3.63, 3.8) is 0 Å². The monoisotopic (exact) mass is 279 g/mol. The summed E-state index contributed by atoms with van der Waals surface area (Å²) in [6, 6.07) is 0.608. The lowest BCUT2D eigenvalue weighted by atomic mass is 10.1. The lowest BCUT2D eigenvalue weighted by molar-refractivity contribution is 0.0888. The third-order valence-electron chi connectivity index (χ3n) is 2.46. The number of hydrogen-bond donors (Lipinski definition) is 0. The van der Waals surface area contributed by atoms with E-state index in [1.807, 2.05) is 0 Å². The van der Waals surface area contributed by atoms with Crippen LogP contribution in [0.1, 0.15) is 34.1 Å². The molecule has 0 bridgehead atoms. The molecular weight excluding hydrogens is 254 g/mol. The molecule has 0 aromatic rings. The molecule has 0 fully saturated rings. The van der Waals surface area contributed by atoms with Gasteiger partial charge in [-0.2, -0.15) is 0 Å². The summed E-state index contributed by atoms with van der Waals surface area (Å²) in [6.45, 7) is 12.8. The summed E-state index contributed by atoms with van der Waals surface area (Å²) in [7, 11) is 0. The molecule has 2 nitrogen and oxygen atoms in total. The van der Waals surface area contributed by atoms with Gasteiger partial charge in [-0.05, 0) is 26.2 Å². The van der Waals surface area contributed by atoms with Gasteiger partial charge in [0.25, 0.3) is 0 Å². The zero-order valence-electron chi connectivity index (χ0n) is 10.6. The fourth-order valence-electron chi connectivity index (χ4n) is 1.34. The lowest BCUT2D eigenvalue weighted by Crippen LogP contribution is -2.35. The molecule has 0 N–H and O–H groups in total. The van der Waals surface area contributed by atoms with Gasteiger partial charge in [0.2, 0.25) is 0 Å². The van der Waals surface area contributed by atoms with Crippen LogP contribution in [-0.4, -0.2) is 42.6 Å². The molecule has 0 aliphatic rings. The van der Waals surface area contributed by atoms with Crippen molar-refractivity contribution in [1.82, 2.24) is 4.90 Å². The largest absolute Gasteiger partial charge is 0.380 e. The summed E-state index contributed by atoms with van der Waals surface area (Å²) in [4.78, 5) is 2.43. The van der Waals surface area contributed by atoms with Crippen LogP contribution in [0, 0.1) is 5.92 Å². The molecule has 0 aromatic heterocycles. The summed E-state index contributed by atoms with van der Waals surface area (Å²) < 4.78 is 5.61. The van der Waals surface area contributed by atoms with Gasteiger partial charge in [-0.15, -0.1) is 0 Å². The van der Waals surface area contributed by atoms with Gasteiger partial charge in [0.1, 0.15) is 0 Å². The second kappa shape index (κ2) is 9.61.